The van der Waals surface area contributed by atoms with E-state index in [1.54, 1.807) is 0 Å². The number of hydrogen-bond acceptors (Lipinski definition) is 3. The maximum Gasteiger partial charge on any atom is 0.278 e. The lowest BCUT2D eigenvalue weighted by Crippen LogP contribution is -2.00. The van der Waals surface area contributed by atoms with E-state index in [1.165, 1.54) is 0 Å². The van der Waals surface area contributed by atoms with Gasteiger partial charge in [-0.25, -0.2) is 0 Å². The van der Waals surface area contributed by atoms with Crippen molar-refractivity contribution in [1.29, 1.82) is 0 Å². The van der Waals surface area contributed by atoms with E-state index < -0.39 is 3.79 Å². The van der Waals surface area contributed by atoms with Crippen LogP contribution in [0.2, 0.25) is 0 Å². The highest BCUT2D eigenvalue weighted by Gasteiger charge is 2.30. The molecule has 0 saturated heterocycles. The van der Waals surface area contributed by atoms with Gasteiger partial charge in [0.05, 0.1) is 0 Å². The molecule has 1 aromatic heterocycles. The minimum Gasteiger partial charge on any atom is -0.335 e. The molecule has 0 amide bonds. The third-order valence-corrected chi connectivity index (χ3v) is 2.74. The largest absolute Gasteiger partial charge is 0.335 e. The number of hydrogen-bond donors (Lipinski definition) is 0. The number of nitrogens with zero attached hydrogens (tertiary/aromatic N) is 2. The highest BCUT2D eigenvalue weighted by atomic mass is 127. The second-order valence-corrected chi connectivity index (χ2v) is 6.02. The Morgan fingerprint density at radius 2 is 2.00 bits per heavy atom. The van der Waals surface area contributed by atoms with Crippen LogP contribution in [-0.2, 0) is 10.2 Å². The minimum absolute atomic E-state index is 0.0342. The van der Waals surface area contributed by atoms with Crippen molar-refractivity contribution in [2.24, 2.45) is 0 Å². The zero-order valence-corrected chi connectivity index (χ0v) is 11.6. The van der Waals surface area contributed by atoms with Crippen molar-refractivity contribution >= 4 is 57.4 Å². The third kappa shape index (κ3) is 4.08. The summed E-state index contributed by atoms with van der Waals surface area (Å²) in [5.74, 6) is 0.628. The summed E-state index contributed by atoms with van der Waals surface area (Å²) in [5, 5.41) is 3.71. The molecule has 0 aliphatic heterocycles. The van der Waals surface area contributed by atoms with Gasteiger partial charge in [-0.15, -0.1) is 0 Å². The Labute approximate surface area is 111 Å². The molecule has 0 aliphatic rings. The number of aryl methyl sites for hydroxylation is 1. The van der Waals surface area contributed by atoms with E-state index in [4.69, 9.17) is 39.3 Å². The fourth-order valence-electron chi connectivity index (χ4n) is 0.848. The van der Waals surface area contributed by atoms with Crippen LogP contribution in [0.15, 0.2) is 4.52 Å². The van der Waals surface area contributed by atoms with E-state index in [0.717, 1.165) is 23.7 Å². The molecule has 14 heavy (non-hydrogen) atoms. The summed E-state index contributed by atoms with van der Waals surface area (Å²) in [6.07, 6.45) is 2.90. The van der Waals surface area contributed by atoms with Crippen molar-refractivity contribution < 1.29 is 4.52 Å². The topological polar surface area (TPSA) is 38.9 Å². The number of unbranched alkanes of at least 4 members (excludes halogenated alkanes) is 1. The van der Waals surface area contributed by atoms with Crippen molar-refractivity contribution in [3.05, 3.63) is 11.7 Å². The van der Waals surface area contributed by atoms with Gasteiger partial charge in [0, 0.05) is 6.42 Å². The minimum atomic E-state index is -1.62. The van der Waals surface area contributed by atoms with Crippen LogP contribution in [0.5, 0.6) is 0 Å². The summed E-state index contributed by atoms with van der Waals surface area (Å²) < 4.78 is 4.30. The number of aromatic nitrogens is 2. The van der Waals surface area contributed by atoms with E-state index in [0.29, 0.717) is 5.82 Å². The van der Waals surface area contributed by atoms with Gasteiger partial charge in [-0.2, -0.15) is 4.98 Å². The van der Waals surface area contributed by atoms with Crippen molar-refractivity contribution in [2.75, 3.05) is 4.43 Å². The maximum atomic E-state index is 5.57. The van der Waals surface area contributed by atoms with Crippen molar-refractivity contribution in [2.45, 2.75) is 23.1 Å². The lowest BCUT2D eigenvalue weighted by molar-refractivity contribution is 0.376. The second kappa shape index (κ2) is 5.72. The van der Waals surface area contributed by atoms with Gasteiger partial charge in [-0.05, 0) is 17.3 Å². The van der Waals surface area contributed by atoms with Gasteiger partial charge in [0.2, 0.25) is 0 Å². The monoisotopic (exact) mass is 368 g/mol. The second-order valence-electron chi connectivity index (χ2n) is 2.66. The molecule has 0 saturated carbocycles. The average Bonchev–Trinajstić information content (AvgIpc) is 2.52. The van der Waals surface area contributed by atoms with Crippen LogP contribution < -0.4 is 0 Å². The van der Waals surface area contributed by atoms with Gasteiger partial charge >= 0.3 is 0 Å². The van der Waals surface area contributed by atoms with Gasteiger partial charge in [0.25, 0.3) is 9.68 Å². The molecule has 0 atom stereocenters. The van der Waals surface area contributed by atoms with Gasteiger partial charge in [-0.1, -0.05) is 62.6 Å². The van der Waals surface area contributed by atoms with Crippen molar-refractivity contribution in [3.63, 3.8) is 0 Å². The van der Waals surface area contributed by atoms with E-state index in [2.05, 4.69) is 32.7 Å². The fraction of sp³-hybridized carbons (Fsp3) is 0.714. The summed E-state index contributed by atoms with van der Waals surface area (Å²) in [4.78, 5) is 3.98. The molecule has 1 rings (SSSR count). The summed E-state index contributed by atoms with van der Waals surface area (Å²) in [5.41, 5.74) is 0. The average molecular weight is 369 g/mol. The van der Waals surface area contributed by atoms with Crippen LogP contribution in [0.4, 0.5) is 0 Å². The van der Waals surface area contributed by atoms with Crippen molar-refractivity contribution in [3.8, 4) is 0 Å². The molecule has 80 valence electrons. The molecule has 1 heterocycles. The third-order valence-electron chi connectivity index (χ3n) is 1.49. The first-order valence-electron chi connectivity index (χ1n) is 4.00. The first-order valence-corrected chi connectivity index (χ1v) is 6.65. The van der Waals surface area contributed by atoms with E-state index in [-0.39, 0.29) is 5.89 Å². The smallest absolute Gasteiger partial charge is 0.278 e. The predicted octanol–water partition coefficient (Wildman–Crippen LogP) is 3.65. The summed E-state index contributed by atoms with van der Waals surface area (Å²) >= 11 is 19.0. The molecule has 0 radical (unpaired) electrons. The highest BCUT2D eigenvalue weighted by molar-refractivity contribution is 14.1. The number of alkyl halides is 4. The summed E-state index contributed by atoms with van der Waals surface area (Å²) in [6.45, 7) is 0. The standard InChI is InChI=1S/C7H8Cl3IN2O/c8-7(9,10)6-12-5(13-14-6)3-1-2-4-11/h1-4H2. The molecule has 0 fully saturated rings. The van der Waals surface area contributed by atoms with Crippen LogP contribution in [-0.4, -0.2) is 14.6 Å². The lowest BCUT2D eigenvalue weighted by Gasteiger charge is -2.01. The molecule has 0 spiro atoms. The molecule has 0 aromatic carbocycles. The van der Waals surface area contributed by atoms with E-state index in [1.807, 2.05) is 0 Å². The zero-order valence-electron chi connectivity index (χ0n) is 7.14. The molecule has 0 N–H and O–H groups in total. The molecule has 3 nitrogen and oxygen atoms in total. The molecular weight excluding hydrogens is 361 g/mol. The Balaban J connectivity index is 2.51. The molecule has 7 heteroatoms. The number of rotatable bonds is 4. The Morgan fingerprint density at radius 3 is 2.50 bits per heavy atom. The predicted molar refractivity (Wildman–Crippen MR) is 65.4 cm³/mol. The SMILES string of the molecule is ClC(Cl)(Cl)c1nc(CCCCI)no1. The zero-order chi connectivity index (χ0) is 10.6. The summed E-state index contributed by atoms with van der Waals surface area (Å²) in [6, 6.07) is 0. The van der Waals surface area contributed by atoms with E-state index >= 15 is 0 Å². The van der Waals surface area contributed by atoms with Gasteiger partial charge in [0.15, 0.2) is 5.82 Å². The Bertz CT molecular complexity index is 287. The highest BCUT2D eigenvalue weighted by Crippen LogP contribution is 2.36. The van der Waals surface area contributed by atoms with Crippen LogP contribution in [0.25, 0.3) is 0 Å². The lowest BCUT2D eigenvalue weighted by atomic mass is 10.2. The molecular formula is C7H8Cl3IN2O. The Morgan fingerprint density at radius 1 is 1.29 bits per heavy atom. The van der Waals surface area contributed by atoms with Gasteiger partial charge in [0.1, 0.15) is 0 Å². The maximum absolute atomic E-state index is 5.57. The Hall–Kier alpha value is 0.740. The molecule has 0 aliphatic carbocycles. The van der Waals surface area contributed by atoms with Crippen LogP contribution in [0.1, 0.15) is 24.6 Å². The van der Waals surface area contributed by atoms with Gasteiger partial charge < -0.3 is 4.52 Å². The molecule has 1 aromatic rings. The quantitative estimate of drug-likeness (QED) is 0.462. The normalized spacial score (nSPS) is 12.0. The van der Waals surface area contributed by atoms with Crippen LogP contribution >= 0.6 is 57.4 Å². The van der Waals surface area contributed by atoms with Gasteiger partial charge in [-0.3, -0.25) is 0 Å². The molecule has 0 unspecified atom stereocenters. The van der Waals surface area contributed by atoms with E-state index in [9.17, 15) is 0 Å². The number of halogens is 4. The summed E-state index contributed by atoms with van der Waals surface area (Å²) in [7, 11) is 0. The molecule has 0 bridgehead atoms. The van der Waals surface area contributed by atoms with Crippen molar-refractivity contribution in [1.82, 2.24) is 10.1 Å². The fourth-order valence-corrected chi connectivity index (χ4v) is 1.62. The first-order chi connectivity index (χ1) is 6.54. The Kier molecular flexibility index (Phi) is 5.24. The van der Waals surface area contributed by atoms with Crippen LogP contribution in [0.3, 0.4) is 0 Å². The first kappa shape index (κ1) is 12.8. The van der Waals surface area contributed by atoms with Crippen LogP contribution in [0, 0.1) is 0 Å².